The summed E-state index contributed by atoms with van der Waals surface area (Å²) >= 11 is 0. The summed E-state index contributed by atoms with van der Waals surface area (Å²) in [5, 5.41) is 5.84. The highest BCUT2D eigenvalue weighted by Crippen LogP contribution is 2.41. The number of piperidine rings is 1. The monoisotopic (exact) mass is 433 g/mol. The van der Waals surface area contributed by atoms with Crippen LogP contribution in [0.1, 0.15) is 31.2 Å². The molecule has 1 unspecified atom stereocenters. The van der Waals surface area contributed by atoms with Gasteiger partial charge in [-0.05, 0) is 61.0 Å². The number of nitrogens with zero attached hydrogens (tertiary/aromatic N) is 1. The maximum atomic E-state index is 6.35. The molecule has 0 spiro atoms. The van der Waals surface area contributed by atoms with Gasteiger partial charge in [0.15, 0.2) is 35.7 Å². The summed E-state index contributed by atoms with van der Waals surface area (Å²) in [5.74, 6) is 3.31. The predicted molar refractivity (Wildman–Crippen MR) is 122 cm³/mol. The fourth-order valence-electron chi connectivity index (χ4n) is 5.18. The highest BCUT2D eigenvalue weighted by molar-refractivity contribution is 5.91. The fourth-order valence-corrected chi connectivity index (χ4v) is 5.18. The number of ether oxygens (including phenoxy) is 4. The van der Waals surface area contributed by atoms with Crippen molar-refractivity contribution in [2.24, 2.45) is 0 Å². The number of hydrogen-bond donors (Lipinski definition) is 1. The summed E-state index contributed by atoms with van der Waals surface area (Å²) in [6.07, 6.45) is 8.01. The van der Waals surface area contributed by atoms with Crippen LogP contribution in [0.25, 0.3) is 22.0 Å². The van der Waals surface area contributed by atoms with Crippen LogP contribution in [0.3, 0.4) is 0 Å². The van der Waals surface area contributed by atoms with E-state index in [0.29, 0.717) is 19.4 Å². The molecule has 6 rings (SSSR count). The van der Waals surface area contributed by atoms with Crippen molar-refractivity contribution in [1.82, 2.24) is 5.32 Å². The number of fused-ring (bicyclic) bond motifs is 5. The third-order valence-corrected chi connectivity index (χ3v) is 6.92. The van der Waals surface area contributed by atoms with Crippen LogP contribution in [0.4, 0.5) is 0 Å². The number of aromatic nitrogens is 1. The highest BCUT2D eigenvalue weighted by Gasteiger charge is 2.28. The van der Waals surface area contributed by atoms with E-state index in [1.54, 1.807) is 7.11 Å². The van der Waals surface area contributed by atoms with Gasteiger partial charge < -0.3 is 24.3 Å². The number of nitrogens with one attached hydrogen (secondary N) is 1. The lowest BCUT2D eigenvalue weighted by atomic mass is 9.95. The van der Waals surface area contributed by atoms with Crippen LogP contribution >= 0.6 is 0 Å². The van der Waals surface area contributed by atoms with Crippen molar-refractivity contribution in [1.29, 1.82) is 0 Å². The molecule has 3 aromatic rings. The Morgan fingerprint density at radius 2 is 2.03 bits per heavy atom. The first kappa shape index (κ1) is 19.7. The van der Waals surface area contributed by atoms with Gasteiger partial charge in [0.1, 0.15) is 0 Å². The highest BCUT2D eigenvalue weighted by atomic mass is 16.7. The Bertz CT molecular complexity index is 1170. The molecule has 6 heteroatoms. The van der Waals surface area contributed by atoms with E-state index in [1.807, 2.05) is 6.07 Å². The van der Waals surface area contributed by atoms with Crippen molar-refractivity contribution >= 4 is 10.8 Å². The molecule has 0 amide bonds. The Morgan fingerprint density at radius 1 is 1.12 bits per heavy atom. The lowest BCUT2D eigenvalue weighted by Crippen LogP contribution is -2.40. The SMILES string of the molecule is COc1ccc2cc3[n+](cc2c1OCCC1CCCCN1)CCc1cc2c(cc1-3)OCO2. The third-order valence-electron chi connectivity index (χ3n) is 6.92. The molecule has 0 aliphatic carbocycles. The zero-order chi connectivity index (χ0) is 21.5. The standard InChI is InChI=1S/C26H29N2O4/c1-29-23-6-5-17-12-22-20-14-25-24(31-16-32-25)13-18(20)7-10-28(22)15-21(17)26(23)30-11-8-19-4-2-3-9-27-19/h5-6,12-15,19,27H,2-4,7-11,16H2,1H3/q+1. The first-order chi connectivity index (χ1) is 15.8. The molecule has 0 saturated carbocycles. The Labute approximate surface area is 188 Å². The van der Waals surface area contributed by atoms with Crippen molar-refractivity contribution in [3.05, 3.63) is 42.1 Å². The van der Waals surface area contributed by atoms with Crippen LogP contribution in [-0.2, 0) is 13.0 Å². The van der Waals surface area contributed by atoms with Gasteiger partial charge in [0.05, 0.1) is 24.7 Å². The Kier molecular flexibility index (Phi) is 5.02. The number of pyridine rings is 1. The van der Waals surface area contributed by atoms with E-state index in [4.69, 9.17) is 18.9 Å². The average molecular weight is 434 g/mol. The van der Waals surface area contributed by atoms with Crippen molar-refractivity contribution in [3.63, 3.8) is 0 Å². The van der Waals surface area contributed by atoms with Gasteiger partial charge >= 0.3 is 0 Å². The molecule has 0 radical (unpaired) electrons. The topological polar surface area (TPSA) is 52.8 Å². The van der Waals surface area contributed by atoms with E-state index in [0.717, 1.165) is 59.7 Å². The molecule has 1 aromatic heterocycles. The van der Waals surface area contributed by atoms with E-state index in [1.165, 1.54) is 36.1 Å². The van der Waals surface area contributed by atoms with Gasteiger partial charge in [-0.15, -0.1) is 0 Å². The lowest BCUT2D eigenvalue weighted by molar-refractivity contribution is -0.686. The zero-order valence-electron chi connectivity index (χ0n) is 18.5. The molecule has 3 aliphatic rings. The molecule has 4 heterocycles. The summed E-state index contributed by atoms with van der Waals surface area (Å²) in [6, 6.07) is 11.2. The van der Waals surface area contributed by atoms with E-state index >= 15 is 0 Å². The van der Waals surface area contributed by atoms with Crippen molar-refractivity contribution < 1.29 is 23.5 Å². The molecule has 0 bridgehead atoms. The molecular weight excluding hydrogens is 404 g/mol. The van der Waals surface area contributed by atoms with Gasteiger partial charge in [-0.3, -0.25) is 0 Å². The molecule has 32 heavy (non-hydrogen) atoms. The van der Waals surface area contributed by atoms with Gasteiger partial charge in [0, 0.05) is 18.5 Å². The summed E-state index contributed by atoms with van der Waals surface area (Å²) < 4.78 is 25.6. The van der Waals surface area contributed by atoms with Crippen LogP contribution in [0.15, 0.2) is 36.5 Å². The molecule has 1 atom stereocenters. The Morgan fingerprint density at radius 3 is 2.88 bits per heavy atom. The summed E-state index contributed by atoms with van der Waals surface area (Å²) in [7, 11) is 1.71. The first-order valence-electron chi connectivity index (χ1n) is 11.6. The number of benzene rings is 2. The summed E-state index contributed by atoms with van der Waals surface area (Å²) in [4.78, 5) is 0. The van der Waals surface area contributed by atoms with E-state index in [2.05, 4.69) is 40.3 Å². The second-order valence-corrected chi connectivity index (χ2v) is 8.85. The molecule has 1 N–H and O–H groups in total. The fraction of sp³-hybridized carbons (Fsp3) is 0.423. The predicted octanol–water partition coefficient (Wildman–Crippen LogP) is 4.00. The molecular formula is C26H29N2O4+. The van der Waals surface area contributed by atoms with Crippen LogP contribution in [0, 0.1) is 0 Å². The van der Waals surface area contributed by atoms with Crippen LogP contribution in [0.2, 0.25) is 0 Å². The minimum Gasteiger partial charge on any atom is -0.493 e. The van der Waals surface area contributed by atoms with Crippen LogP contribution in [0.5, 0.6) is 23.0 Å². The molecule has 1 saturated heterocycles. The largest absolute Gasteiger partial charge is 0.493 e. The zero-order valence-corrected chi connectivity index (χ0v) is 18.5. The van der Waals surface area contributed by atoms with Crippen molar-refractivity contribution in [3.8, 4) is 34.3 Å². The quantitative estimate of drug-likeness (QED) is 0.617. The van der Waals surface area contributed by atoms with Gasteiger partial charge in [-0.1, -0.05) is 6.42 Å². The van der Waals surface area contributed by atoms with Gasteiger partial charge in [0.25, 0.3) is 0 Å². The molecule has 3 aliphatic heterocycles. The van der Waals surface area contributed by atoms with E-state index in [9.17, 15) is 0 Å². The smallest absolute Gasteiger partial charge is 0.231 e. The number of rotatable bonds is 5. The lowest BCUT2D eigenvalue weighted by Gasteiger charge is -2.23. The van der Waals surface area contributed by atoms with Gasteiger partial charge in [0.2, 0.25) is 12.5 Å². The van der Waals surface area contributed by atoms with Crippen molar-refractivity contribution in [2.45, 2.75) is 44.7 Å². The van der Waals surface area contributed by atoms with Gasteiger partial charge in [-0.2, -0.15) is 4.57 Å². The Balaban J connectivity index is 1.35. The minimum absolute atomic E-state index is 0.298. The summed E-state index contributed by atoms with van der Waals surface area (Å²) in [5.41, 5.74) is 3.71. The molecule has 2 aromatic carbocycles. The molecule has 1 fully saturated rings. The Hall–Kier alpha value is -2.99. The van der Waals surface area contributed by atoms with E-state index in [-0.39, 0.29) is 0 Å². The average Bonchev–Trinajstić information content (AvgIpc) is 3.30. The second-order valence-electron chi connectivity index (χ2n) is 8.85. The maximum Gasteiger partial charge on any atom is 0.231 e. The first-order valence-corrected chi connectivity index (χ1v) is 11.6. The van der Waals surface area contributed by atoms with Gasteiger partial charge in [-0.25, -0.2) is 0 Å². The number of aryl methyl sites for hydroxylation is 2. The van der Waals surface area contributed by atoms with Crippen LogP contribution < -0.4 is 28.8 Å². The number of hydrogen-bond acceptors (Lipinski definition) is 5. The number of methoxy groups -OCH3 is 1. The van der Waals surface area contributed by atoms with Crippen LogP contribution in [-0.4, -0.2) is 33.1 Å². The summed E-state index contributed by atoms with van der Waals surface area (Å²) in [6.45, 7) is 3.02. The molecule has 6 nitrogen and oxygen atoms in total. The van der Waals surface area contributed by atoms with Crippen molar-refractivity contribution in [2.75, 3.05) is 27.1 Å². The second kappa shape index (κ2) is 8.17. The molecule has 166 valence electrons. The third kappa shape index (κ3) is 3.43. The minimum atomic E-state index is 0.298. The van der Waals surface area contributed by atoms with E-state index < -0.39 is 0 Å². The normalized spacial score (nSPS) is 18.8. The maximum absolute atomic E-state index is 6.35.